The van der Waals surface area contributed by atoms with E-state index in [2.05, 4.69) is 10.4 Å². The highest BCUT2D eigenvalue weighted by Gasteiger charge is 2.32. The van der Waals surface area contributed by atoms with Crippen molar-refractivity contribution in [1.29, 1.82) is 0 Å². The second-order valence-corrected chi connectivity index (χ2v) is 12.0. The van der Waals surface area contributed by atoms with Crippen LogP contribution >= 0.6 is 11.6 Å². The van der Waals surface area contributed by atoms with Gasteiger partial charge in [0, 0.05) is 16.3 Å². The number of nitrogens with zero attached hydrogens (tertiary/aromatic N) is 3. The Bertz CT molecular complexity index is 1680. The predicted octanol–water partition coefficient (Wildman–Crippen LogP) is 5.00. The largest absolute Gasteiger partial charge is 0.493 e. The Morgan fingerprint density at radius 3 is 2.50 bits per heavy atom. The van der Waals surface area contributed by atoms with E-state index in [1.807, 2.05) is 19.1 Å². The van der Waals surface area contributed by atoms with Gasteiger partial charge in [-0.15, -0.1) is 0 Å². The fourth-order valence-corrected chi connectivity index (χ4v) is 6.60. The van der Waals surface area contributed by atoms with Crippen LogP contribution in [0.3, 0.4) is 0 Å². The minimum Gasteiger partial charge on any atom is -0.493 e. The van der Waals surface area contributed by atoms with Gasteiger partial charge in [0.1, 0.15) is 0 Å². The van der Waals surface area contributed by atoms with Crippen LogP contribution < -0.4 is 14.8 Å². The summed E-state index contributed by atoms with van der Waals surface area (Å²) in [6.45, 7) is 3.68. The number of carbonyl (C=O) groups is 1. The number of anilines is 1. The van der Waals surface area contributed by atoms with Crippen molar-refractivity contribution in [3.8, 4) is 22.8 Å². The molecule has 9 nitrogen and oxygen atoms in total. The van der Waals surface area contributed by atoms with Crippen molar-refractivity contribution in [3.63, 3.8) is 0 Å². The van der Waals surface area contributed by atoms with E-state index in [0.29, 0.717) is 62.2 Å². The molecule has 0 spiro atoms. The number of halogens is 1. The lowest BCUT2D eigenvalue weighted by Gasteiger charge is -2.14. The van der Waals surface area contributed by atoms with Gasteiger partial charge in [0.2, 0.25) is 0 Å². The molecule has 0 saturated carbocycles. The highest BCUT2D eigenvalue weighted by Crippen LogP contribution is 2.35. The third-order valence-corrected chi connectivity index (χ3v) is 8.90. The number of aromatic nitrogens is 3. The number of amides is 1. The second kappa shape index (κ2) is 9.92. The van der Waals surface area contributed by atoms with E-state index < -0.39 is 9.84 Å². The maximum absolute atomic E-state index is 13.7. The highest BCUT2D eigenvalue weighted by molar-refractivity contribution is 7.91. The number of ether oxygens (including phenoxy) is 2. The Morgan fingerprint density at radius 2 is 1.84 bits per heavy atom. The Kier molecular flexibility index (Phi) is 6.79. The lowest BCUT2D eigenvalue weighted by molar-refractivity contribution is 0.102. The molecule has 11 heteroatoms. The van der Waals surface area contributed by atoms with Gasteiger partial charge in [0.15, 0.2) is 27.0 Å². The van der Waals surface area contributed by atoms with Crippen LogP contribution in [0, 0.1) is 13.8 Å². The van der Waals surface area contributed by atoms with E-state index >= 15 is 0 Å². The van der Waals surface area contributed by atoms with E-state index in [4.69, 9.17) is 26.1 Å². The number of hydrogen-bond acceptors (Lipinski definition) is 7. The molecule has 5 rings (SSSR count). The van der Waals surface area contributed by atoms with Crippen molar-refractivity contribution in [2.75, 3.05) is 31.0 Å². The molecular weight excluding hydrogens is 528 g/mol. The monoisotopic (exact) mass is 554 g/mol. The number of nitrogens with one attached hydrogen (secondary N) is 1. The average molecular weight is 555 g/mol. The molecule has 1 atom stereocenters. The predicted molar refractivity (Wildman–Crippen MR) is 147 cm³/mol. The average Bonchev–Trinajstić information content (AvgIpc) is 3.43. The van der Waals surface area contributed by atoms with Crippen molar-refractivity contribution in [2.45, 2.75) is 26.3 Å². The third kappa shape index (κ3) is 4.81. The minimum atomic E-state index is -3.17. The first-order chi connectivity index (χ1) is 18.1. The number of aryl methyl sites for hydroxylation is 2. The molecule has 3 heterocycles. The fourth-order valence-electron chi connectivity index (χ4n) is 4.73. The molecular formula is C27H27ClN4O5S. The first-order valence-electron chi connectivity index (χ1n) is 12.0. The summed E-state index contributed by atoms with van der Waals surface area (Å²) in [5, 5.41) is 8.69. The third-order valence-electron chi connectivity index (χ3n) is 6.74. The summed E-state index contributed by atoms with van der Waals surface area (Å²) >= 11 is 6.28. The second-order valence-electron chi connectivity index (χ2n) is 9.33. The molecule has 38 heavy (non-hydrogen) atoms. The molecule has 0 bridgehead atoms. The normalized spacial score (nSPS) is 16.5. The molecule has 198 valence electrons. The van der Waals surface area contributed by atoms with E-state index in [-0.39, 0.29) is 23.5 Å². The van der Waals surface area contributed by atoms with E-state index in [0.717, 1.165) is 5.56 Å². The number of pyridine rings is 1. The summed E-state index contributed by atoms with van der Waals surface area (Å²) in [5.74, 6) is 0.784. The van der Waals surface area contributed by atoms with Gasteiger partial charge in [-0.1, -0.05) is 17.7 Å². The van der Waals surface area contributed by atoms with Crippen LogP contribution in [0.5, 0.6) is 11.5 Å². The van der Waals surface area contributed by atoms with Crippen LogP contribution in [0.2, 0.25) is 5.02 Å². The Morgan fingerprint density at radius 1 is 1.08 bits per heavy atom. The molecule has 1 saturated heterocycles. The number of rotatable bonds is 6. The van der Waals surface area contributed by atoms with Gasteiger partial charge in [-0.3, -0.25) is 4.79 Å². The summed E-state index contributed by atoms with van der Waals surface area (Å²) in [6.07, 6.45) is 0.435. The number of carbonyl (C=O) groups excluding carboxylic acids is 1. The SMILES string of the molecule is COc1ccc(-c2cc(C(=O)Nc3ccc(C)c(Cl)c3)c3c(C)nn(C4CCS(=O)(=O)C4)c3n2)cc1OC. The summed E-state index contributed by atoms with van der Waals surface area (Å²) in [5.41, 5.74) is 4.05. The summed E-state index contributed by atoms with van der Waals surface area (Å²) in [4.78, 5) is 18.5. The molecule has 0 radical (unpaired) electrons. The van der Waals surface area contributed by atoms with Crippen LogP contribution in [0.15, 0.2) is 42.5 Å². The zero-order valence-corrected chi connectivity index (χ0v) is 23.0. The van der Waals surface area contributed by atoms with Gasteiger partial charge in [0.05, 0.1) is 54.1 Å². The summed E-state index contributed by atoms with van der Waals surface area (Å²) < 4.78 is 37.0. The van der Waals surface area contributed by atoms with Gasteiger partial charge >= 0.3 is 0 Å². The zero-order valence-electron chi connectivity index (χ0n) is 21.4. The van der Waals surface area contributed by atoms with E-state index in [1.165, 1.54) is 0 Å². The smallest absolute Gasteiger partial charge is 0.256 e. The van der Waals surface area contributed by atoms with Crippen molar-refractivity contribution < 1.29 is 22.7 Å². The van der Waals surface area contributed by atoms with Crippen molar-refractivity contribution in [1.82, 2.24) is 14.8 Å². The Balaban J connectivity index is 1.68. The fraction of sp³-hybridized carbons (Fsp3) is 0.296. The molecule has 1 aliphatic rings. The molecule has 1 N–H and O–H groups in total. The number of methoxy groups -OCH3 is 2. The summed E-state index contributed by atoms with van der Waals surface area (Å²) in [7, 11) is -0.0690. The lowest BCUT2D eigenvalue weighted by atomic mass is 10.0. The van der Waals surface area contributed by atoms with Crippen molar-refractivity contribution >= 4 is 44.1 Å². The van der Waals surface area contributed by atoms with Gasteiger partial charge < -0.3 is 14.8 Å². The van der Waals surface area contributed by atoms with E-state index in [9.17, 15) is 13.2 Å². The lowest BCUT2D eigenvalue weighted by Crippen LogP contribution is -2.15. The number of fused-ring (bicyclic) bond motifs is 1. The number of benzene rings is 2. The van der Waals surface area contributed by atoms with Gasteiger partial charge in [-0.2, -0.15) is 5.10 Å². The van der Waals surface area contributed by atoms with Crippen molar-refractivity contribution in [3.05, 3.63) is 64.3 Å². The molecule has 1 aliphatic heterocycles. The molecule has 2 aromatic heterocycles. The molecule has 1 unspecified atom stereocenters. The summed E-state index contributed by atoms with van der Waals surface area (Å²) in [6, 6.07) is 12.0. The Labute approximate surface area is 225 Å². The highest BCUT2D eigenvalue weighted by atomic mass is 35.5. The minimum absolute atomic E-state index is 0.0190. The first-order valence-corrected chi connectivity index (χ1v) is 14.2. The molecule has 0 aliphatic carbocycles. The molecule has 1 fully saturated rings. The quantitative estimate of drug-likeness (QED) is 0.357. The van der Waals surface area contributed by atoms with Gasteiger partial charge in [0.25, 0.3) is 5.91 Å². The number of sulfone groups is 1. The zero-order chi connectivity index (χ0) is 27.2. The standard InChI is InChI=1S/C27H27ClN4O5S/c1-15-5-7-18(12-21(15)28)29-27(33)20-13-22(17-6-8-23(36-3)24(11-17)37-4)30-26-25(20)16(2)31-32(26)19-9-10-38(34,35)14-19/h5-8,11-13,19H,9-10,14H2,1-4H3,(H,29,33). The number of hydrogen-bond donors (Lipinski definition) is 1. The maximum atomic E-state index is 13.7. The van der Waals surface area contributed by atoms with Crippen LogP contribution in [0.1, 0.15) is 34.1 Å². The van der Waals surface area contributed by atoms with Gasteiger partial charge in [-0.05, 0) is 62.2 Å². The van der Waals surface area contributed by atoms with Crippen LogP contribution in [0.4, 0.5) is 5.69 Å². The Hall–Kier alpha value is -3.63. The maximum Gasteiger partial charge on any atom is 0.256 e. The first kappa shape index (κ1) is 26.0. The van der Waals surface area contributed by atoms with Crippen LogP contribution in [0.25, 0.3) is 22.3 Å². The molecule has 2 aromatic carbocycles. The van der Waals surface area contributed by atoms with E-state index in [1.54, 1.807) is 56.2 Å². The topological polar surface area (TPSA) is 112 Å². The van der Waals surface area contributed by atoms with Crippen LogP contribution in [-0.2, 0) is 9.84 Å². The molecule has 1 amide bonds. The van der Waals surface area contributed by atoms with Crippen molar-refractivity contribution in [2.24, 2.45) is 0 Å². The molecule has 4 aromatic rings. The van der Waals surface area contributed by atoms with Crippen LogP contribution in [-0.4, -0.2) is 54.8 Å². The van der Waals surface area contributed by atoms with Gasteiger partial charge in [-0.25, -0.2) is 18.1 Å².